The molecule has 0 heterocycles. The number of hydrogen-bond acceptors (Lipinski definition) is 1. The van der Waals surface area contributed by atoms with E-state index in [0.717, 1.165) is 0 Å². The highest BCUT2D eigenvalue weighted by atomic mass is 28.3. The van der Waals surface area contributed by atoms with Crippen molar-refractivity contribution >= 4 is 22.1 Å². The summed E-state index contributed by atoms with van der Waals surface area (Å²) in [6.45, 7) is 27.4. The van der Waals surface area contributed by atoms with Crippen LogP contribution in [0.1, 0.15) is 93.4 Å². The van der Waals surface area contributed by atoms with Crippen LogP contribution in [0.3, 0.4) is 0 Å². The van der Waals surface area contributed by atoms with Gasteiger partial charge in [-0.2, -0.15) is 0 Å². The highest BCUT2D eigenvalue weighted by molar-refractivity contribution is 6.91. The monoisotopic (exact) mass is 485 g/mol. The molecule has 0 saturated heterocycles. The lowest BCUT2D eigenvalue weighted by Crippen LogP contribution is -2.43. The fourth-order valence-electron chi connectivity index (χ4n) is 5.60. The summed E-state index contributed by atoms with van der Waals surface area (Å²) >= 11 is 0. The Bertz CT molecular complexity index is 680. The van der Waals surface area contributed by atoms with Crippen LogP contribution in [-0.4, -0.2) is 22.1 Å². The van der Waals surface area contributed by atoms with Crippen LogP contribution in [0.25, 0.3) is 0 Å². The highest BCUT2D eigenvalue weighted by Gasteiger charge is 2.42. The number of carbonyl (C=O) groups excluding carboxylic acids is 1. The second kappa shape index (κ2) is 15.2. The van der Waals surface area contributed by atoms with Gasteiger partial charge in [-0.05, 0) is 45.4 Å². The van der Waals surface area contributed by atoms with Crippen LogP contribution >= 0.6 is 0 Å². The van der Waals surface area contributed by atoms with Crippen LogP contribution in [0.2, 0.25) is 33.2 Å². The number of hydrogen-bond donors (Lipinski definition) is 1. The molecule has 1 rings (SSSR count). The maximum Gasteiger partial charge on any atom is 0.248 e. The van der Waals surface area contributed by atoms with E-state index in [-0.39, 0.29) is 5.91 Å². The summed E-state index contributed by atoms with van der Waals surface area (Å²) in [5.41, 5.74) is 16.0. The lowest BCUT2D eigenvalue weighted by molar-refractivity contribution is 0.100. The Hall–Kier alpha value is -1.76. The minimum Gasteiger partial charge on any atom is -0.366 e. The summed E-state index contributed by atoms with van der Waals surface area (Å²) in [5, 5.41) is 0. The van der Waals surface area contributed by atoms with Gasteiger partial charge in [-0.3, -0.25) is 4.79 Å². The van der Waals surface area contributed by atoms with Gasteiger partial charge in [0.2, 0.25) is 5.91 Å². The molecule has 0 fully saturated rings. The van der Waals surface area contributed by atoms with Gasteiger partial charge in [-0.25, -0.2) is 0 Å². The Morgan fingerprint density at radius 3 is 0.970 bits per heavy atom. The van der Waals surface area contributed by atoms with Crippen molar-refractivity contribution in [1.82, 2.24) is 0 Å². The molecule has 186 valence electrons. The van der Waals surface area contributed by atoms with E-state index in [1.165, 1.54) is 0 Å². The fraction of sp³-hybridized carbons (Fsp3) is 0.621. The molecule has 2 N–H and O–H groups in total. The van der Waals surface area contributed by atoms with Crippen molar-refractivity contribution in [2.45, 2.75) is 116 Å². The molecule has 0 radical (unpaired) electrons. The number of terminal acetylenes is 2. The average Bonchev–Trinajstić information content (AvgIpc) is 2.69. The highest BCUT2D eigenvalue weighted by Crippen LogP contribution is 2.41. The number of primary amides is 1. The van der Waals surface area contributed by atoms with Gasteiger partial charge in [0.25, 0.3) is 0 Å². The molecule has 0 saturated carbocycles. The first-order valence-corrected chi connectivity index (χ1v) is 16.9. The van der Waals surface area contributed by atoms with Crippen molar-refractivity contribution in [3.8, 4) is 23.9 Å². The summed E-state index contributed by atoms with van der Waals surface area (Å²) in [7, 11) is -2.95. The van der Waals surface area contributed by atoms with Gasteiger partial charge >= 0.3 is 0 Å². The smallest absolute Gasteiger partial charge is 0.248 e. The zero-order valence-corrected chi connectivity index (χ0v) is 25.5. The maximum atomic E-state index is 10.4. The molecule has 33 heavy (non-hydrogen) atoms. The topological polar surface area (TPSA) is 43.1 Å². The van der Waals surface area contributed by atoms with E-state index in [4.69, 9.17) is 18.6 Å². The van der Waals surface area contributed by atoms with Crippen molar-refractivity contribution in [1.29, 1.82) is 0 Å². The van der Waals surface area contributed by atoms with Gasteiger partial charge < -0.3 is 5.73 Å². The Morgan fingerprint density at radius 2 is 0.879 bits per heavy atom. The third kappa shape index (κ3) is 8.84. The van der Waals surface area contributed by atoms with Gasteiger partial charge in [-0.15, -0.1) is 23.9 Å². The predicted molar refractivity (Wildman–Crippen MR) is 155 cm³/mol. The van der Waals surface area contributed by atoms with Crippen LogP contribution < -0.4 is 5.73 Å². The zero-order chi connectivity index (χ0) is 26.6. The van der Waals surface area contributed by atoms with E-state index < -0.39 is 16.1 Å². The van der Waals surface area contributed by atoms with Crippen LogP contribution in [0.15, 0.2) is 30.3 Å². The van der Waals surface area contributed by atoms with E-state index in [1.54, 1.807) is 24.3 Å². The van der Waals surface area contributed by atoms with Crippen molar-refractivity contribution in [2.75, 3.05) is 0 Å². The van der Waals surface area contributed by atoms with Crippen molar-refractivity contribution < 1.29 is 4.79 Å². The predicted octanol–water partition coefficient (Wildman–Crippen LogP) is 8.46. The Balaban J connectivity index is 0. The normalized spacial score (nSPS) is 11.6. The van der Waals surface area contributed by atoms with Crippen LogP contribution in [0.5, 0.6) is 0 Å². The van der Waals surface area contributed by atoms with Crippen molar-refractivity contribution in [3.05, 3.63) is 35.9 Å². The molecule has 0 aromatic heterocycles. The molecule has 0 bridgehead atoms. The Morgan fingerprint density at radius 1 is 0.636 bits per heavy atom. The summed E-state index contributed by atoms with van der Waals surface area (Å²) in [5.74, 6) is -0.379. The zero-order valence-electron chi connectivity index (χ0n) is 23.5. The van der Waals surface area contributed by atoms with Gasteiger partial charge in [0.1, 0.15) is 16.1 Å². The van der Waals surface area contributed by atoms with E-state index in [2.05, 4.69) is 94.2 Å². The second-order valence-electron chi connectivity index (χ2n) is 10.8. The number of benzene rings is 1. The summed E-state index contributed by atoms with van der Waals surface area (Å²) < 4.78 is 0. The van der Waals surface area contributed by atoms with E-state index in [0.29, 0.717) is 38.8 Å². The molecule has 4 heteroatoms. The fourth-order valence-corrected chi connectivity index (χ4v) is 15.6. The lowest BCUT2D eigenvalue weighted by atomic mass is 10.2. The Kier molecular flexibility index (Phi) is 15.4. The molecule has 0 aliphatic rings. The first-order valence-electron chi connectivity index (χ1n) is 12.4. The molecule has 0 unspecified atom stereocenters. The minimum absolute atomic E-state index is 0.379. The quantitative estimate of drug-likeness (QED) is 0.305. The molecule has 2 nitrogen and oxygen atoms in total. The van der Waals surface area contributed by atoms with Crippen LogP contribution in [-0.2, 0) is 0 Å². The second-order valence-corrected chi connectivity index (χ2v) is 22.1. The molecule has 1 aromatic rings. The lowest BCUT2D eigenvalue weighted by Gasteiger charge is -2.37. The summed E-state index contributed by atoms with van der Waals surface area (Å²) in [4.78, 5) is 10.4. The largest absolute Gasteiger partial charge is 0.366 e. The standard InChI is InChI=1S/2C11H22Si.C7H7NO/c2*1-8-12(9(2)3,10(4)5)11(6)7;8-7(9)6-4-2-1-3-5-6/h2*1,9-11H,2-7H3;1-5H,(H2,8,9). The van der Waals surface area contributed by atoms with Gasteiger partial charge in [0.15, 0.2) is 0 Å². The number of nitrogens with two attached hydrogens (primary N) is 1. The SMILES string of the molecule is C#C[Si](C(C)C)(C(C)C)C(C)C.C#C[Si](C(C)C)(C(C)C)C(C)C.NC(=O)c1ccccc1. The van der Waals surface area contributed by atoms with Gasteiger partial charge in [0, 0.05) is 5.56 Å². The average molecular weight is 486 g/mol. The van der Waals surface area contributed by atoms with Crippen molar-refractivity contribution in [3.63, 3.8) is 0 Å². The molecule has 0 aliphatic heterocycles. The summed E-state index contributed by atoms with van der Waals surface area (Å²) in [6, 6.07) is 8.76. The molecule has 0 spiro atoms. The van der Waals surface area contributed by atoms with Crippen LogP contribution in [0.4, 0.5) is 0 Å². The van der Waals surface area contributed by atoms with E-state index in [9.17, 15) is 4.79 Å². The molecule has 0 aliphatic carbocycles. The van der Waals surface area contributed by atoms with Gasteiger partial charge in [-0.1, -0.05) is 101 Å². The molecular weight excluding hydrogens is 434 g/mol. The molecule has 1 amide bonds. The Labute approximate surface area is 208 Å². The first-order chi connectivity index (χ1) is 15.1. The first kappa shape index (κ1) is 33.4. The van der Waals surface area contributed by atoms with E-state index >= 15 is 0 Å². The number of amides is 1. The molecular formula is C29H51NOSi2. The number of carbonyl (C=O) groups is 1. The third-order valence-electron chi connectivity index (χ3n) is 7.29. The van der Waals surface area contributed by atoms with E-state index in [1.807, 2.05) is 6.07 Å². The van der Waals surface area contributed by atoms with Crippen molar-refractivity contribution in [2.24, 2.45) is 5.73 Å². The summed E-state index contributed by atoms with van der Waals surface area (Å²) in [6.07, 6.45) is 11.4. The van der Waals surface area contributed by atoms with Gasteiger partial charge in [0.05, 0.1) is 0 Å². The minimum atomic E-state index is -1.47. The number of rotatable bonds is 7. The molecule has 1 aromatic carbocycles. The maximum absolute atomic E-state index is 10.4. The van der Waals surface area contributed by atoms with Crippen LogP contribution in [0, 0.1) is 23.9 Å². The third-order valence-corrected chi connectivity index (χ3v) is 19.8. The molecule has 0 atom stereocenters.